The topological polar surface area (TPSA) is 47.6 Å². The van der Waals surface area contributed by atoms with Gasteiger partial charge in [0.25, 0.3) is 0 Å². The Hall–Kier alpha value is -1.97. The third-order valence-electron chi connectivity index (χ3n) is 3.27. The van der Waals surface area contributed by atoms with Gasteiger partial charge in [0.2, 0.25) is 0 Å². The molecule has 1 aliphatic carbocycles. The molecule has 0 amide bonds. The number of hydrogen-bond acceptors (Lipinski definition) is 4. The Labute approximate surface area is 113 Å². The van der Waals surface area contributed by atoms with E-state index in [1.807, 2.05) is 18.2 Å². The molecule has 0 saturated heterocycles. The quantitative estimate of drug-likeness (QED) is 0.846. The van der Waals surface area contributed by atoms with E-state index in [2.05, 4.69) is 5.32 Å². The van der Waals surface area contributed by atoms with Crippen molar-refractivity contribution in [3.8, 4) is 11.5 Å². The van der Waals surface area contributed by atoms with Gasteiger partial charge in [0, 0.05) is 24.3 Å². The van der Waals surface area contributed by atoms with Crippen LogP contribution < -0.4 is 14.8 Å². The summed E-state index contributed by atoms with van der Waals surface area (Å²) in [5, 5.41) is 3.15. The molecule has 0 atom stereocenters. The van der Waals surface area contributed by atoms with Crippen LogP contribution >= 0.6 is 0 Å². The summed E-state index contributed by atoms with van der Waals surface area (Å²) in [6.45, 7) is 0. The molecule has 0 bridgehead atoms. The standard InChI is InChI=1S/C15H19NO3/c1-18-12-7-8-15(19-2)13(9-12)16-10-11-5-3-4-6-14(11)17/h7-10,16H,3-6H2,1-2H3/b11-10+. The zero-order valence-corrected chi connectivity index (χ0v) is 11.4. The maximum atomic E-state index is 11.7. The molecule has 2 rings (SSSR count). The maximum absolute atomic E-state index is 11.7. The second-order valence-corrected chi connectivity index (χ2v) is 4.51. The van der Waals surface area contributed by atoms with Crippen LogP contribution in [0, 0.1) is 0 Å². The summed E-state index contributed by atoms with van der Waals surface area (Å²) >= 11 is 0. The van der Waals surface area contributed by atoms with Gasteiger partial charge in [-0.25, -0.2) is 0 Å². The molecule has 4 nitrogen and oxygen atoms in total. The second-order valence-electron chi connectivity index (χ2n) is 4.51. The van der Waals surface area contributed by atoms with E-state index in [4.69, 9.17) is 9.47 Å². The van der Waals surface area contributed by atoms with E-state index in [0.717, 1.165) is 42.0 Å². The van der Waals surface area contributed by atoms with Crippen LogP contribution in [0.2, 0.25) is 0 Å². The number of nitrogens with one attached hydrogen (secondary N) is 1. The summed E-state index contributed by atoms with van der Waals surface area (Å²) < 4.78 is 10.5. The summed E-state index contributed by atoms with van der Waals surface area (Å²) in [5.74, 6) is 1.71. The van der Waals surface area contributed by atoms with Crippen molar-refractivity contribution in [2.75, 3.05) is 19.5 Å². The zero-order chi connectivity index (χ0) is 13.7. The zero-order valence-electron chi connectivity index (χ0n) is 11.4. The van der Waals surface area contributed by atoms with Crippen molar-refractivity contribution in [3.05, 3.63) is 30.0 Å². The fourth-order valence-electron chi connectivity index (χ4n) is 2.15. The first-order valence-electron chi connectivity index (χ1n) is 6.45. The highest BCUT2D eigenvalue weighted by Gasteiger charge is 2.14. The van der Waals surface area contributed by atoms with Gasteiger partial charge in [0.15, 0.2) is 5.78 Å². The molecule has 0 aromatic heterocycles. The second kappa shape index (κ2) is 6.27. The van der Waals surface area contributed by atoms with Gasteiger partial charge in [-0.2, -0.15) is 0 Å². The van der Waals surface area contributed by atoms with Crippen molar-refractivity contribution >= 4 is 11.5 Å². The molecule has 0 unspecified atom stereocenters. The predicted octanol–water partition coefficient (Wildman–Crippen LogP) is 3.14. The number of ketones is 1. The van der Waals surface area contributed by atoms with E-state index in [9.17, 15) is 4.79 Å². The van der Waals surface area contributed by atoms with Crippen LogP contribution in [0.5, 0.6) is 11.5 Å². The Bertz CT molecular complexity index is 494. The number of carbonyl (C=O) groups excluding carboxylic acids is 1. The van der Waals surface area contributed by atoms with Crippen LogP contribution in [0.4, 0.5) is 5.69 Å². The van der Waals surface area contributed by atoms with E-state index in [1.54, 1.807) is 20.4 Å². The average molecular weight is 261 g/mol. The highest BCUT2D eigenvalue weighted by molar-refractivity contribution is 5.96. The fourth-order valence-corrected chi connectivity index (χ4v) is 2.15. The van der Waals surface area contributed by atoms with Gasteiger partial charge in [0.05, 0.1) is 19.9 Å². The largest absolute Gasteiger partial charge is 0.497 e. The highest BCUT2D eigenvalue weighted by Crippen LogP contribution is 2.29. The molecule has 1 saturated carbocycles. The lowest BCUT2D eigenvalue weighted by Crippen LogP contribution is -2.10. The monoisotopic (exact) mass is 261 g/mol. The summed E-state index contributed by atoms with van der Waals surface area (Å²) in [6.07, 6.45) is 5.37. The van der Waals surface area contributed by atoms with Crippen LogP contribution in [-0.2, 0) is 4.79 Å². The van der Waals surface area contributed by atoms with E-state index in [-0.39, 0.29) is 5.78 Å². The van der Waals surface area contributed by atoms with Crippen LogP contribution in [0.25, 0.3) is 0 Å². The minimum Gasteiger partial charge on any atom is -0.497 e. The molecule has 0 radical (unpaired) electrons. The minimum absolute atomic E-state index is 0.237. The van der Waals surface area contributed by atoms with Crippen LogP contribution in [0.1, 0.15) is 25.7 Å². The van der Waals surface area contributed by atoms with E-state index >= 15 is 0 Å². The van der Waals surface area contributed by atoms with Gasteiger partial charge in [0.1, 0.15) is 11.5 Å². The molecule has 1 aromatic rings. The molecule has 0 heterocycles. The first-order chi connectivity index (χ1) is 9.24. The average Bonchev–Trinajstić information content (AvgIpc) is 2.46. The van der Waals surface area contributed by atoms with Crippen molar-refractivity contribution < 1.29 is 14.3 Å². The fraction of sp³-hybridized carbons (Fsp3) is 0.400. The Morgan fingerprint density at radius 1 is 1.16 bits per heavy atom. The van der Waals surface area contributed by atoms with Crippen LogP contribution in [-0.4, -0.2) is 20.0 Å². The molecule has 1 fully saturated rings. The lowest BCUT2D eigenvalue weighted by atomic mass is 9.94. The number of Topliss-reactive ketones (excluding diaryl/α,β-unsaturated/α-hetero) is 1. The molecule has 0 spiro atoms. The maximum Gasteiger partial charge on any atom is 0.160 e. The van der Waals surface area contributed by atoms with Gasteiger partial charge in [-0.1, -0.05) is 0 Å². The Balaban J connectivity index is 2.17. The number of ether oxygens (including phenoxy) is 2. The van der Waals surface area contributed by atoms with E-state index in [1.165, 1.54) is 0 Å². The Kier molecular flexibility index (Phi) is 4.44. The molecule has 1 aromatic carbocycles. The number of hydrogen-bond donors (Lipinski definition) is 1. The smallest absolute Gasteiger partial charge is 0.160 e. The van der Waals surface area contributed by atoms with Gasteiger partial charge < -0.3 is 14.8 Å². The third-order valence-corrected chi connectivity index (χ3v) is 3.27. The number of benzene rings is 1. The number of carbonyl (C=O) groups is 1. The van der Waals surface area contributed by atoms with Gasteiger partial charge in [-0.05, 0) is 31.4 Å². The summed E-state index contributed by atoms with van der Waals surface area (Å²) in [4.78, 5) is 11.7. The Morgan fingerprint density at radius 2 is 1.95 bits per heavy atom. The van der Waals surface area contributed by atoms with Crippen molar-refractivity contribution in [2.45, 2.75) is 25.7 Å². The highest BCUT2D eigenvalue weighted by atomic mass is 16.5. The normalized spacial score (nSPS) is 17.4. The molecule has 1 aliphatic rings. The van der Waals surface area contributed by atoms with Gasteiger partial charge >= 0.3 is 0 Å². The van der Waals surface area contributed by atoms with Gasteiger partial charge in [-0.3, -0.25) is 4.79 Å². The molecule has 102 valence electrons. The summed E-state index contributed by atoms with van der Waals surface area (Å²) in [6, 6.07) is 5.52. The van der Waals surface area contributed by atoms with Crippen LogP contribution in [0.15, 0.2) is 30.0 Å². The number of rotatable bonds is 4. The number of allylic oxidation sites excluding steroid dienone is 1. The van der Waals surface area contributed by atoms with Crippen molar-refractivity contribution in [3.63, 3.8) is 0 Å². The number of methoxy groups -OCH3 is 2. The first kappa shape index (κ1) is 13.5. The van der Waals surface area contributed by atoms with Crippen molar-refractivity contribution in [2.24, 2.45) is 0 Å². The molecular weight excluding hydrogens is 242 g/mol. The third kappa shape index (κ3) is 3.28. The molecule has 0 aliphatic heterocycles. The first-order valence-corrected chi connectivity index (χ1v) is 6.45. The van der Waals surface area contributed by atoms with Gasteiger partial charge in [-0.15, -0.1) is 0 Å². The summed E-state index contributed by atoms with van der Waals surface area (Å²) in [7, 11) is 3.24. The van der Waals surface area contributed by atoms with Crippen molar-refractivity contribution in [1.29, 1.82) is 0 Å². The Morgan fingerprint density at radius 3 is 2.63 bits per heavy atom. The SMILES string of the molecule is COc1ccc(OC)c(N/C=C2\CCCCC2=O)c1. The number of anilines is 1. The van der Waals surface area contributed by atoms with E-state index < -0.39 is 0 Å². The lowest BCUT2D eigenvalue weighted by Gasteiger charge is -2.14. The molecular formula is C15H19NO3. The molecule has 1 N–H and O–H groups in total. The van der Waals surface area contributed by atoms with E-state index in [0.29, 0.717) is 6.42 Å². The van der Waals surface area contributed by atoms with Crippen molar-refractivity contribution in [1.82, 2.24) is 0 Å². The molecule has 4 heteroatoms. The minimum atomic E-state index is 0.237. The lowest BCUT2D eigenvalue weighted by molar-refractivity contribution is -0.116. The molecule has 19 heavy (non-hydrogen) atoms. The predicted molar refractivity (Wildman–Crippen MR) is 74.7 cm³/mol. The van der Waals surface area contributed by atoms with Crippen LogP contribution in [0.3, 0.4) is 0 Å². The summed E-state index contributed by atoms with van der Waals surface area (Å²) in [5.41, 5.74) is 1.66.